The van der Waals surface area contributed by atoms with Gasteiger partial charge < -0.3 is 14.5 Å². The summed E-state index contributed by atoms with van der Waals surface area (Å²) >= 11 is 0. The Bertz CT molecular complexity index is 819. The van der Waals surface area contributed by atoms with Crippen molar-refractivity contribution in [1.82, 2.24) is 16.2 Å². The molecule has 0 spiro atoms. The van der Waals surface area contributed by atoms with Gasteiger partial charge in [-0.15, -0.1) is 0 Å². The Labute approximate surface area is 160 Å². The van der Waals surface area contributed by atoms with E-state index < -0.39 is 23.7 Å². The van der Waals surface area contributed by atoms with E-state index in [0.717, 1.165) is 0 Å². The number of carbonyl (C=O) groups excluding carboxylic acids is 3. The molecule has 0 aliphatic heterocycles. The number of hydrogen-bond donors (Lipinski definition) is 3. The molecule has 9 heteroatoms. The number of nitrogens with one attached hydrogen (secondary N) is 3. The Kier molecular flexibility index (Phi) is 7.77. The van der Waals surface area contributed by atoms with Crippen molar-refractivity contribution in [3.05, 3.63) is 60.3 Å². The predicted molar refractivity (Wildman–Crippen MR) is 98.1 cm³/mol. The summed E-state index contributed by atoms with van der Waals surface area (Å²) in [6.07, 6.45) is 3.33. The van der Waals surface area contributed by atoms with Crippen LogP contribution in [0.1, 0.15) is 19.1 Å². The van der Waals surface area contributed by atoms with Gasteiger partial charge in [0.2, 0.25) is 11.8 Å². The summed E-state index contributed by atoms with van der Waals surface area (Å²) in [6, 6.07) is 8.59. The summed E-state index contributed by atoms with van der Waals surface area (Å²) < 4.78 is 23.2. The highest BCUT2D eigenvalue weighted by Crippen LogP contribution is 2.12. The molecular formula is C19H20FN3O5. The average molecular weight is 389 g/mol. The lowest BCUT2D eigenvalue weighted by Crippen LogP contribution is -2.47. The molecule has 0 saturated heterocycles. The minimum absolute atomic E-state index is 0.0339. The first kappa shape index (κ1) is 20.7. The van der Waals surface area contributed by atoms with Gasteiger partial charge in [0.1, 0.15) is 17.3 Å². The van der Waals surface area contributed by atoms with Crippen LogP contribution in [0.5, 0.6) is 5.75 Å². The first-order chi connectivity index (χ1) is 13.4. The molecule has 1 heterocycles. The molecule has 28 heavy (non-hydrogen) atoms. The summed E-state index contributed by atoms with van der Waals surface area (Å²) in [7, 11) is 0. The topological polar surface area (TPSA) is 110 Å². The van der Waals surface area contributed by atoms with Crippen molar-refractivity contribution in [2.45, 2.75) is 19.4 Å². The molecule has 0 aliphatic carbocycles. The number of ether oxygens (including phenoxy) is 1. The van der Waals surface area contributed by atoms with E-state index in [2.05, 4.69) is 16.2 Å². The van der Waals surface area contributed by atoms with Gasteiger partial charge >= 0.3 is 0 Å². The molecule has 0 radical (unpaired) electrons. The van der Waals surface area contributed by atoms with Crippen LogP contribution >= 0.6 is 0 Å². The van der Waals surface area contributed by atoms with Crippen molar-refractivity contribution in [2.75, 3.05) is 6.54 Å². The molecule has 2 aromatic rings. The third kappa shape index (κ3) is 7.32. The summed E-state index contributed by atoms with van der Waals surface area (Å²) in [4.78, 5) is 35.2. The molecule has 8 nitrogen and oxygen atoms in total. The van der Waals surface area contributed by atoms with Gasteiger partial charge in [0.15, 0.2) is 6.10 Å². The Hall–Kier alpha value is -3.62. The largest absolute Gasteiger partial charge is 0.481 e. The maximum absolute atomic E-state index is 12.8. The molecule has 0 bridgehead atoms. The second kappa shape index (κ2) is 10.5. The quantitative estimate of drug-likeness (QED) is 0.469. The lowest BCUT2D eigenvalue weighted by atomic mass is 10.3. The van der Waals surface area contributed by atoms with E-state index in [1.54, 1.807) is 12.1 Å². The van der Waals surface area contributed by atoms with Crippen LogP contribution in [-0.2, 0) is 14.4 Å². The van der Waals surface area contributed by atoms with E-state index in [1.165, 1.54) is 49.6 Å². The van der Waals surface area contributed by atoms with E-state index >= 15 is 0 Å². The number of furan rings is 1. The van der Waals surface area contributed by atoms with Crippen LogP contribution in [0.15, 0.2) is 53.2 Å². The van der Waals surface area contributed by atoms with Crippen LogP contribution in [0.3, 0.4) is 0 Å². The first-order valence-corrected chi connectivity index (χ1v) is 8.44. The molecule has 0 fully saturated rings. The van der Waals surface area contributed by atoms with Crippen LogP contribution in [-0.4, -0.2) is 30.4 Å². The lowest BCUT2D eigenvalue weighted by Gasteiger charge is -2.15. The van der Waals surface area contributed by atoms with Crippen LogP contribution in [0.4, 0.5) is 4.39 Å². The fourth-order valence-corrected chi connectivity index (χ4v) is 1.97. The smallest absolute Gasteiger partial charge is 0.279 e. The van der Waals surface area contributed by atoms with Crippen molar-refractivity contribution < 1.29 is 27.9 Å². The number of rotatable bonds is 8. The molecule has 3 amide bonds. The molecular weight excluding hydrogens is 369 g/mol. The molecule has 1 unspecified atom stereocenters. The van der Waals surface area contributed by atoms with Crippen molar-refractivity contribution >= 4 is 23.8 Å². The zero-order chi connectivity index (χ0) is 20.4. The highest BCUT2D eigenvalue weighted by atomic mass is 19.1. The third-order valence-corrected chi connectivity index (χ3v) is 3.41. The Morgan fingerprint density at radius 3 is 2.61 bits per heavy atom. The second-order valence-electron chi connectivity index (χ2n) is 5.64. The standard InChI is InChI=1S/C19H20FN3O5/c1-13(28-16-6-4-14(20)5-7-16)19(26)23-22-18(25)10-11-21-17(24)9-8-15-3-2-12-27-15/h2-9,12-13H,10-11H2,1H3,(H,21,24)(H,22,25)(H,23,26)/b9-8+. The van der Waals surface area contributed by atoms with Crippen molar-refractivity contribution in [2.24, 2.45) is 0 Å². The molecule has 1 aromatic carbocycles. The predicted octanol–water partition coefficient (Wildman–Crippen LogP) is 1.55. The van der Waals surface area contributed by atoms with Gasteiger partial charge in [-0.1, -0.05) is 0 Å². The maximum Gasteiger partial charge on any atom is 0.279 e. The van der Waals surface area contributed by atoms with Crippen LogP contribution < -0.4 is 20.9 Å². The van der Waals surface area contributed by atoms with Crippen LogP contribution in [0.25, 0.3) is 6.08 Å². The van der Waals surface area contributed by atoms with E-state index in [9.17, 15) is 18.8 Å². The molecule has 3 N–H and O–H groups in total. The van der Waals surface area contributed by atoms with Crippen LogP contribution in [0, 0.1) is 5.82 Å². The summed E-state index contributed by atoms with van der Waals surface area (Å²) in [5.41, 5.74) is 4.44. The fraction of sp³-hybridized carbons (Fsp3) is 0.211. The number of benzene rings is 1. The van der Waals surface area contributed by atoms with Gasteiger partial charge in [0.05, 0.1) is 6.26 Å². The van der Waals surface area contributed by atoms with Gasteiger partial charge in [-0.3, -0.25) is 25.2 Å². The first-order valence-electron chi connectivity index (χ1n) is 8.44. The Balaban J connectivity index is 1.62. The van der Waals surface area contributed by atoms with Crippen molar-refractivity contribution in [1.29, 1.82) is 0 Å². The second-order valence-corrected chi connectivity index (χ2v) is 5.64. The minimum Gasteiger partial charge on any atom is -0.481 e. The summed E-state index contributed by atoms with van der Waals surface area (Å²) in [6.45, 7) is 1.57. The monoisotopic (exact) mass is 389 g/mol. The third-order valence-electron chi connectivity index (χ3n) is 3.41. The van der Waals surface area contributed by atoms with E-state index in [-0.39, 0.29) is 18.9 Å². The maximum atomic E-state index is 12.8. The zero-order valence-corrected chi connectivity index (χ0v) is 15.1. The SMILES string of the molecule is CC(Oc1ccc(F)cc1)C(=O)NNC(=O)CCNC(=O)/C=C/c1ccco1. The molecule has 148 valence electrons. The van der Waals surface area contributed by atoms with Gasteiger partial charge in [0.25, 0.3) is 5.91 Å². The van der Waals surface area contributed by atoms with E-state index in [1.807, 2.05) is 0 Å². The summed E-state index contributed by atoms with van der Waals surface area (Å²) in [5, 5.41) is 2.53. The number of hydrazine groups is 1. The van der Waals surface area contributed by atoms with Crippen LogP contribution in [0.2, 0.25) is 0 Å². The number of hydrogen-bond acceptors (Lipinski definition) is 5. The fourth-order valence-electron chi connectivity index (χ4n) is 1.97. The van der Waals surface area contributed by atoms with Crippen molar-refractivity contribution in [3.63, 3.8) is 0 Å². The molecule has 1 aromatic heterocycles. The number of carbonyl (C=O) groups is 3. The van der Waals surface area contributed by atoms with Crippen molar-refractivity contribution in [3.8, 4) is 5.75 Å². The average Bonchev–Trinajstić information content (AvgIpc) is 3.20. The number of halogens is 1. The Morgan fingerprint density at radius 2 is 1.93 bits per heavy atom. The Morgan fingerprint density at radius 1 is 1.18 bits per heavy atom. The molecule has 2 rings (SSSR count). The highest BCUT2D eigenvalue weighted by molar-refractivity contribution is 5.91. The highest BCUT2D eigenvalue weighted by Gasteiger charge is 2.15. The van der Waals surface area contributed by atoms with E-state index in [0.29, 0.717) is 11.5 Å². The van der Waals surface area contributed by atoms with Gasteiger partial charge in [-0.2, -0.15) is 0 Å². The van der Waals surface area contributed by atoms with Gasteiger partial charge in [-0.05, 0) is 49.4 Å². The molecule has 0 aliphatic rings. The molecule has 1 atom stereocenters. The van der Waals surface area contributed by atoms with Gasteiger partial charge in [-0.25, -0.2) is 4.39 Å². The van der Waals surface area contributed by atoms with E-state index in [4.69, 9.17) is 9.15 Å². The normalized spacial score (nSPS) is 11.6. The lowest BCUT2D eigenvalue weighted by molar-refractivity contribution is -0.132. The number of amides is 3. The molecule has 0 saturated carbocycles. The summed E-state index contributed by atoms with van der Waals surface area (Å²) in [5.74, 6) is -1.01. The van der Waals surface area contributed by atoms with Gasteiger partial charge in [0, 0.05) is 19.0 Å². The zero-order valence-electron chi connectivity index (χ0n) is 15.1. The minimum atomic E-state index is -0.905.